The Morgan fingerprint density at radius 2 is 1.75 bits per heavy atom. The Balaban J connectivity index is 2.46. The van der Waals surface area contributed by atoms with Crippen LogP contribution in [0.15, 0.2) is 36.7 Å². The van der Waals surface area contributed by atoms with Gasteiger partial charge in [-0.2, -0.15) is 0 Å². The number of aromatic nitrogens is 1. The van der Waals surface area contributed by atoms with E-state index in [9.17, 15) is 0 Å². The highest BCUT2D eigenvalue weighted by Gasteiger charge is 2.01. The summed E-state index contributed by atoms with van der Waals surface area (Å²) in [6.45, 7) is 6.44. The van der Waals surface area contributed by atoms with Crippen LogP contribution in [0.2, 0.25) is 0 Å². The van der Waals surface area contributed by atoms with Crippen molar-refractivity contribution < 1.29 is 0 Å². The van der Waals surface area contributed by atoms with Gasteiger partial charge in [-0.05, 0) is 48.6 Å². The van der Waals surface area contributed by atoms with Gasteiger partial charge in [-0.25, -0.2) is 0 Å². The molecule has 82 valence electrons. The first kappa shape index (κ1) is 10.9. The van der Waals surface area contributed by atoms with Crippen molar-refractivity contribution in [3.63, 3.8) is 0 Å². The molecule has 0 saturated carbocycles. The van der Waals surface area contributed by atoms with E-state index >= 15 is 0 Å². The summed E-state index contributed by atoms with van der Waals surface area (Å²) in [7, 11) is 0. The molecule has 1 heterocycles. The lowest BCUT2D eigenvalue weighted by Gasteiger charge is -2.06. The first-order valence-electron chi connectivity index (χ1n) is 5.72. The molecule has 0 N–H and O–H groups in total. The van der Waals surface area contributed by atoms with Gasteiger partial charge in [0.2, 0.25) is 0 Å². The van der Waals surface area contributed by atoms with Crippen molar-refractivity contribution in [2.24, 2.45) is 0 Å². The molecule has 0 atom stereocenters. The third-order valence-electron chi connectivity index (χ3n) is 3.04. The van der Waals surface area contributed by atoms with Crippen LogP contribution in [0, 0.1) is 13.8 Å². The molecule has 2 rings (SSSR count). The molecule has 16 heavy (non-hydrogen) atoms. The summed E-state index contributed by atoms with van der Waals surface area (Å²) in [6, 6.07) is 8.78. The van der Waals surface area contributed by atoms with Crippen molar-refractivity contribution in [1.82, 2.24) is 4.98 Å². The molecule has 0 aliphatic heterocycles. The van der Waals surface area contributed by atoms with E-state index in [0.29, 0.717) is 0 Å². The third-order valence-corrected chi connectivity index (χ3v) is 3.04. The zero-order valence-corrected chi connectivity index (χ0v) is 10.1. The molecule has 0 bridgehead atoms. The van der Waals surface area contributed by atoms with Crippen molar-refractivity contribution in [1.29, 1.82) is 0 Å². The Bertz CT molecular complexity index is 501. The molecule has 0 amide bonds. The predicted octanol–water partition coefficient (Wildman–Crippen LogP) is 3.93. The standard InChI is InChI=1S/C15H17N/c1-4-13-8-15(10-16-9-13)14-6-5-11(2)12(3)7-14/h5-10H,4H2,1-3H3. The van der Waals surface area contributed by atoms with Gasteiger partial charge in [-0.3, -0.25) is 4.98 Å². The normalized spacial score (nSPS) is 10.4. The van der Waals surface area contributed by atoms with Gasteiger partial charge < -0.3 is 0 Å². The molecule has 0 radical (unpaired) electrons. The molecule has 0 saturated heterocycles. The van der Waals surface area contributed by atoms with Gasteiger partial charge in [0.05, 0.1) is 0 Å². The summed E-state index contributed by atoms with van der Waals surface area (Å²) in [4.78, 5) is 4.28. The van der Waals surface area contributed by atoms with Gasteiger partial charge in [0.1, 0.15) is 0 Å². The van der Waals surface area contributed by atoms with E-state index in [0.717, 1.165) is 6.42 Å². The van der Waals surface area contributed by atoms with Crippen molar-refractivity contribution in [2.45, 2.75) is 27.2 Å². The second-order valence-electron chi connectivity index (χ2n) is 4.23. The minimum Gasteiger partial charge on any atom is -0.264 e. The zero-order chi connectivity index (χ0) is 11.5. The maximum Gasteiger partial charge on any atom is 0.0346 e. The van der Waals surface area contributed by atoms with Crippen LogP contribution in [0.5, 0.6) is 0 Å². The third kappa shape index (κ3) is 2.13. The Kier molecular flexibility index (Phi) is 3.04. The van der Waals surface area contributed by atoms with Crippen LogP contribution in [-0.2, 0) is 6.42 Å². The van der Waals surface area contributed by atoms with E-state index in [1.807, 2.05) is 12.4 Å². The highest BCUT2D eigenvalue weighted by molar-refractivity contribution is 5.64. The summed E-state index contributed by atoms with van der Waals surface area (Å²) in [6.07, 6.45) is 4.90. The zero-order valence-electron chi connectivity index (χ0n) is 10.1. The van der Waals surface area contributed by atoms with E-state index in [1.165, 1.54) is 27.8 Å². The molecule has 1 aromatic heterocycles. The van der Waals surface area contributed by atoms with Crippen LogP contribution < -0.4 is 0 Å². The van der Waals surface area contributed by atoms with Crippen LogP contribution in [0.25, 0.3) is 11.1 Å². The molecule has 0 aliphatic carbocycles. The van der Waals surface area contributed by atoms with Gasteiger partial charge in [0.15, 0.2) is 0 Å². The fourth-order valence-corrected chi connectivity index (χ4v) is 1.76. The number of hydrogen-bond acceptors (Lipinski definition) is 1. The van der Waals surface area contributed by atoms with E-state index in [-0.39, 0.29) is 0 Å². The predicted molar refractivity (Wildman–Crippen MR) is 68.5 cm³/mol. The topological polar surface area (TPSA) is 12.9 Å². The van der Waals surface area contributed by atoms with E-state index in [2.05, 4.69) is 50.0 Å². The highest BCUT2D eigenvalue weighted by Crippen LogP contribution is 2.22. The minimum atomic E-state index is 1.03. The average molecular weight is 211 g/mol. The second-order valence-corrected chi connectivity index (χ2v) is 4.23. The van der Waals surface area contributed by atoms with Crippen molar-refractivity contribution in [2.75, 3.05) is 0 Å². The number of hydrogen-bond donors (Lipinski definition) is 0. The monoisotopic (exact) mass is 211 g/mol. The first-order valence-corrected chi connectivity index (χ1v) is 5.72. The summed E-state index contributed by atoms with van der Waals surface area (Å²) in [5.74, 6) is 0. The van der Waals surface area contributed by atoms with Gasteiger partial charge >= 0.3 is 0 Å². The van der Waals surface area contributed by atoms with Crippen LogP contribution in [0.4, 0.5) is 0 Å². The van der Waals surface area contributed by atoms with Crippen LogP contribution in [0.1, 0.15) is 23.6 Å². The molecule has 1 nitrogen and oxygen atoms in total. The van der Waals surface area contributed by atoms with E-state index in [1.54, 1.807) is 0 Å². The lowest BCUT2D eigenvalue weighted by Crippen LogP contribution is -1.87. The van der Waals surface area contributed by atoms with Gasteiger partial charge in [-0.1, -0.05) is 25.1 Å². The van der Waals surface area contributed by atoms with Crippen molar-refractivity contribution >= 4 is 0 Å². The molecule has 0 aliphatic rings. The van der Waals surface area contributed by atoms with Crippen LogP contribution in [0.3, 0.4) is 0 Å². The van der Waals surface area contributed by atoms with Crippen LogP contribution >= 0.6 is 0 Å². The number of aryl methyl sites for hydroxylation is 3. The first-order chi connectivity index (χ1) is 7.70. The lowest BCUT2D eigenvalue weighted by atomic mass is 10.0. The smallest absolute Gasteiger partial charge is 0.0346 e. The Labute approximate surface area is 97.2 Å². The largest absolute Gasteiger partial charge is 0.264 e. The summed E-state index contributed by atoms with van der Waals surface area (Å²) >= 11 is 0. The molecular weight excluding hydrogens is 194 g/mol. The quantitative estimate of drug-likeness (QED) is 0.733. The maximum atomic E-state index is 4.28. The summed E-state index contributed by atoms with van der Waals surface area (Å²) in [5, 5.41) is 0. The number of pyridine rings is 1. The van der Waals surface area contributed by atoms with Gasteiger partial charge in [-0.15, -0.1) is 0 Å². The SMILES string of the molecule is CCc1cncc(-c2ccc(C)c(C)c2)c1. The Morgan fingerprint density at radius 1 is 0.938 bits per heavy atom. The fraction of sp³-hybridized carbons (Fsp3) is 0.267. The lowest BCUT2D eigenvalue weighted by molar-refractivity contribution is 1.10. The van der Waals surface area contributed by atoms with Crippen LogP contribution in [-0.4, -0.2) is 4.98 Å². The molecule has 1 aromatic carbocycles. The molecule has 0 unspecified atom stereocenters. The molecule has 2 aromatic rings. The number of nitrogens with zero attached hydrogens (tertiary/aromatic N) is 1. The Morgan fingerprint density at radius 3 is 2.44 bits per heavy atom. The highest BCUT2D eigenvalue weighted by atomic mass is 14.6. The van der Waals surface area contributed by atoms with E-state index in [4.69, 9.17) is 0 Å². The fourth-order valence-electron chi connectivity index (χ4n) is 1.76. The summed E-state index contributed by atoms with van der Waals surface area (Å²) in [5.41, 5.74) is 6.42. The molecule has 0 spiro atoms. The molecule has 1 heteroatoms. The Hall–Kier alpha value is -1.63. The molecule has 0 fully saturated rings. The van der Waals surface area contributed by atoms with Gasteiger partial charge in [0, 0.05) is 18.0 Å². The molecular formula is C15H17N. The number of rotatable bonds is 2. The average Bonchev–Trinajstić information content (AvgIpc) is 2.33. The minimum absolute atomic E-state index is 1.03. The second kappa shape index (κ2) is 4.48. The number of benzene rings is 1. The van der Waals surface area contributed by atoms with Gasteiger partial charge in [0.25, 0.3) is 0 Å². The summed E-state index contributed by atoms with van der Waals surface area (Å²) < 4.78 is 0. The van der Waals surface area contributed by atoms with E-state index < -0.39 is 0 Å². The maximum absolute atomic E-state index is 4.28. The van der Waals surface area contributed by atoms with Crippen molar-refractivity contribution in [3.05, 3.63) is 53.3 Å². The van der Waals surface area contributed by atoms with Crippen molar-refractivity contribution in [3.8, 4) is 11.1 Å².